The van der Waals surface area contributed by atoms with Crippen molar-refractivity contribution in [1.29, 1.82) is 0 Å². The zero-order valence-corrected chi connectivity index (χ0v) is 11.5. The monoisotopic (exact) mass is 304 g/mol. The number of phenolic OH excluding ortho intramolecular Hbond substituents is 1. The molecule has 0 atom stereocenters. The number of hydrogen-bond donors (Lipinski definition) is 1. The van der Waals surface area contributed by atoms with E-state index < -0.39 is 5.82 Å². The minimum Gasteiger partial charge on any atom is -0.508 e. The summed E-state index contributed by atoms with van der Waals surface area (Å²) in [5, 5.41) is 13.1. The number of rotatable bonds is 3. The maximum atomic E-state index is 13.1. The van der Waals surface area contributed by atoms with Crippen molar-refractivity contribution in [3.8, 4) is 17.1 Å². The molecule has 0 aliphatic rings. The van der Waals surface area contributed by atoms with Crippen LogP contribution in [-0.2, 0) is 6.42 Å². The molecule has 0 saturated heterocycles. The van der Waals surface area contributed by atoms with Crippen molar-refractivity contribution in [2.45, 2.75) is 6.42 Å². The Kier molecular flexibility index (Phi) is 3.58. The molecule has 0 saturated carbocycles. The molecule has 106 valence electrons. The van der Waals surface area contributed by atoms with Crippen LogP contribution in [0.5, 0.6) is 5.75 Å². The zero-order chi connectivity index (χ0) is 14.8. The van der Waals surface area contributed by atoms with Gasteiger partial charge in [-0.3, -0.25) is 0 Å². The molecular formula is C15H10ClFN2O2. The van der Waals surface area contributed by atoms with E-state index in [2.05, 4.69) is 10.1 Å². The van der Waals surface area contributed by atoms with Crippen molar-refractivity contribution in [3.63, 3.8) is 0 Å². The molecule has 1 aromatic heterocycles. The number of halogens is 2. The summed E-state index contributed by atoms with van der Waals surface area (Å²) in [5.74, 6) is 0.487. The first-order valence-electron chi connectivity index (χ1n) is 6.18. The normalized spacial score (nSPS) is 10.8. The fourth-order valence-electron chi connectivity index (χ4n) is 1.87. The molecule has 2 aromatic carbocycles. The van der Waals surface area contributed by atoms with Gasteiger partial charge in [0.2, 0.25) is 11.7 Å². The maximum absolute atomic E-state index is 13.1. The van der Waals surface area contributed by atoms with E-state index >= 15 is 0 Å². The van der Waals surface area contributed by atoms with Gasteiger partial charge in [0, 0.05) is 5.56 Å². The molecule has 0 aliphatic heterocycles. The average molecular weight is 305 g/mol. The molecule has 0 aliphatic carbocycles. The van der Waals surface area contributed by atoms with Gasteiger partial charge in [-0.05, 0) is 35.9 Å². The number of benzene rings is 2. The summed E-state index contributed by atoms with van der Waals surface area (Å²) in [4.78, 5) is 4.25. The maximum Gasteiger partial charge on any atom is 0.231 e. The minimum absolute atomic E-state index is 0.0115. The standard InChI is InChI=1S/C15H10ClFN2O2/c16-12-8-10(3-6-13(12)17)15-18-14(21-19-15)7-9-1-4-11(20)5-2-9/h1-6,8,20H,7H2. The lowest BCUT2D eigenvalue weighted by atomic mass is 10.1. The summed E-state index contributed by atoms with van der Waals surface area (Å²) in [6.45, 7) is 0. The molecule has 1 N–H and O–H groups in total. The van der Waals surface area contributed by atoms with Gasteiger partial charge in [0.25, 0.3) is 0 Å². The smallest absolute Gasteiger partial charge is 0.231 e. The van der Waals surface area contributed by atoms with E-state index in [0.717, 1.165) is 5.56 Å². The second-order valence-electron chi connectivity index (χ2n) is 4.48. The third kappa shape index (κ3) is 3.03. The topological polar surface area (TPSA) is 59.2 Å². The molecule has 0 radical (unpaired) electrons. The Hall–Kier alpha value is -2.40. The predicted octanol–water partition coefficient (Wildman–Crippen LogP) is 3.83. The van der Waals surface area contributed by atoms with Crippen LogP contribution < -0.4 is 0 Å². The molecule has 0 fully saturated rings. The predicted molar refractivity (Wildman–Crippen MR) is 75.6 cm³/mol. The number of aromatic nitrogens is 2. The quantitative estimate of drug-likeness (QED) is 0.799. The highest BCUT2D eigenvalue weighted by atomic mass is 35.5. The van der Waals surface area contributed by atoms with Crippen LogP contribution in [0.15, 0.2) is 47.0 Å². The van der Waals surface area contributed by atoms with E-state index in [9.17, 15) is 9.50 Å². The Morgan fingerprint density at radius 1 is 1.14 bits per heavy atom. The first-order chi connectivity index (χ1) is 10.1. The summed E-state index contributed by atoms with van der Waals surface area (Å²) in [6, 6.07) is 11.0. The number of nitrogens with zero attached hydrogens (tertiary/aromatic N) is 2. The second kappa shape index (κ2) is 5.54. The van der Waals surface area contributed by atoms with Gasteiger partial charge in [0.15, 0.2) is 0 Å². The lowest BCUT2D eigenvalue weighted by Gasteiger charge is -1.97. The van der Waals surface area contributed by atoms with Crippen LogP contribution in [0.2, 0.25) is 5.02 Å². The van der Waals surface area contributed by atoms with Crippen molar-refractivity contribution in [2.24, 2.45) is 0 Å². The fourth-order valence-corrected chi connectivity index (χ4v) is 2.05. The zero-order valence-electron chi connectivity index (χ0n) is 10.8. The highest BCUT2D eigenvalue weighted by Crippen LogP contribution is 2.23. The summed E-state index contributed by atoms with van der Waals surface area (Å²) >= 11 is 5.73. The Labute approximate surface area is 124 Å². The Balaban J connectivity index is 1.82. The average Bonchev–Trinajstić information content (AvgIpc) is 2.93. The Bertz CT molecular complexity index is 772. The van der Waals surface area contributed by atoms with Crippen molar-refractivity contribution in [1.82, 2.24) is 10.1 Å². The molecule has 4 nitrogen and oxygen atoms in total. The lowest BCUT2D eigenvalue weighted by Crippen LogP contribution is -1.88. The first kappa shape index (κ1) is 13.6. The van der Waals surface area contributed by atoms with E-state index in [-0.39, 0.29) is 10.8 Å². The number of hydrogen-bond acceptors (Lipinski definition) is 4. The molecule has 21 heavy (non-hydrogen) atoms. The molecule has 6 heteroatoms. The second-order valence-corrected chi connectivity index (χ2v) is 4.89. The van der Waals surface area contributed by atoms with E-state index in [1.54, 1.807) is 24.3 Å². The lowest BCUT2D eigenvalue weighted by molar-refractivity contribution is 0.385. The van der Waals surface area contributed by atoms with E-state index in [1.165, 1.54) is 18.2 Å². The van der Waals surface area contributed by atoms with Gasteiger partial charge in [-0.2, -0.15) is 4.98 Å². The van der Waals surface area contributed by atoms with Crippen molar-refractivity contribution >= 4 is 11.6 Å². The van der Waals surface area contributed by atoms with Gasteiger partial charge in [0.1, 0.15) is 11.6 Å². The van der Waals surface area contributed by atoms with Gasteiger partial charge in [-0.15, -0.1) is 0 Å². The third-order valence-electron chi connectivity index (χ3n) is 2.94. The first-order valence-corrected chi connectivity index (χ1v) is 6.55. The van der Waals surface area contributed by atoms with Crippen LogP contribution >= 0.6 is 11.6 Å². The largest absolute Gasteiger partial charge is 0.508 e. The van der Waals surface area contributed by atoms with Crippen LogP contribution in [0.3, 0.4) is 0 Å². The molecule has 3 rings (SSSR count). The van der Waals surface area contributed by atoms with Crippen LogP contribution in [0.4, 0.5) is 4.39 Å². The highest BCUT2D eigenvalue weighted by Gasteiger charge is 2.11. The number of aromatic hydroxyl groups is 1. The van der Waals surface area contributed by atoms with Crippen molar-refractivity contribution < 1.29 is 14.0 Å². The van der Waals surface area contributed by atoms with Crippen LogP contribution in [-0.4, -0.2) is 15.2 Å². The van der Waals surface area contributed by atoms with Crippen LogP contribution in [0, 0.1) is 5.82 Å². The molecule has 1 heterocycles. The highest BCUT2D eigenvalue weighted by molar-refractivity contribution is 6.31. The number of phenols is 1. The van der Waals surface area contributed by atoms with Gasteiger partial charge in [-0.1, -0.05) is 28.9 Å². The molecular weight excluding hydrogens is 295 g/mol. The van der Waals surface area contributed by atoms with Gasteiger partial charge in [0.05, 0.1) is 11.4 Å². The summed E-state index contributed by atoms with van der Waals surface area (Å²) in [7, 11) is 0. The molecule has 3 aromatic rings. The summed E-state index contributed by atoms with van der Waals surface area (Å²) in [5.41, 5.74) is 1.52. The van der Waals surface area contributed by atoms with Gasteiger partial charge >= 0.3 is 0 Å². The van der Waals surface area contributed by atoms with Crippen LogP contribution in [0.25, 0.3) is 11.4 Å². The fraction of sp³-hybridized carbons (Fsp3) is 0.0667. The van der Waals surface area contributed by atoms with E-state index in [4.69, 9.17) is 16.1 Å². The third-order valence-corrected chi connectivity index (χ3v) is 3.23. The van der Waals surface area contributed by atoms with Gasteiger partial charge in [-0.25, -0.2) is 4.39 Å². The Morgan fingerprint density at radius 3 is 2.62 bits per heavy atom. The molecule has 0 bridgehead atoms. The summed E-state index contributed by atoms with van der Waals surface area (Å²) < 4.78 is 18.3. The summed E-state index contributed by atoms with van der Waals surface area (Å²) in [6.07, 6.45) is 0.447. The molecule has 0 amide bonds. The van der Waals surface area contributed by atoms with Crippen molar-refractivity contribution in [2.75, 3.05) is 0 Å². The SMILES string of the molecule is Oc1ccc(Cc2nc(-c3ccc(F)c(Cl)c3)no2)cc1. The Morgan fingerprint density at radius 2 is 1.90 bits per heavy atom. The van der Waals surface area contributed by atoms with Gasteiger partial charge < -0.3 is 9.63 Å². The molecule has 0 unspecified atom stereocenters. The minimum atomic E-state index is -0.492. The van der Waals surface area contributed by atoms with Crippen LogP contribution in [0.1, 0.15) is 11.5 Å². The van der Waals surface area contributed by atoms with Crippen molar-refractivity contribution in [3.05, 3.63) is 64.8 Å². The van der Waals surface area contributed by atoms with E-state index in [1.807, 2.05) is 0 Å². The van der Waals surface area contributed by atoms with E-state index in [0.29, 0.717) is 23.7 Å². The molecule has 0 spiro atoms.